The van der Waals surface area contributed by atoms with Gasteiger partial charge in [0.1, 0.15) is 16.5 Å². The molecule has 0 aliphatic carbocycles. The van der Waals surface area contributed by atoms with Crippen LogP contribution in [0.1, 0.15) is 18.0 Å². The summed E-state index contributed by atoms with van der Waals surface area (Å²) in [5.74, 6) is 1.05. The standard InChI is InChI=1S/C37H25N3S/c1-2-11-24(12-3-1)30-22-34(39-36-28-16-8-9-17-33(28)41-37(36)38-30)40-31-19-18-23-10-6-7-15-27(23)35(31)29-20-25-13-4-5-14-26(25)21-32(29)40/h1-21,30,38H,22H2. The number of anilines is 1. The Morgan fingerprint density at radius 3 is 2.20 bits per heavy atom. The van der Waals surface area contributed by atoms with Crippen LogP contribution in [0.5, 0.6) is 0 Å². The fourth-order valence-electron chi connectivity index (χ4n) is 6.59. The van der Waals surface area contributed by atoms with Gasteiger partial charge in [0.15, 0.2) is 0 Å². The van der Waals surface area contributed by atoms with Crippen molar-refractivity contribution in [2.75, 3.05) is 5.32 Å². The van der Waals surface area contributed by atoms with Gasteiger partial charge in [0, 0.05) is 27.3 Å². The lowest BCUT2D eigenvalue weighted by Gasteiger charge is -2.19. The van der Waals surface area contributed by atoms with Crippen molar-refractivity contribution in [1.29, 1.82) is 0 Å². The highest BCUT2D eigenvalue weighted by atomic mass is 32.1. The minimum Gasteiger partial charge on any atom is -0.368 e. The first kappa shape index (κ1) is 22.8. The van der Waals surface area contributed by atoms with Gasteiger partial charge in [0.2, 0.25) is 0 Å². The van der Waals surface area contributed by atoms with E-state index in [0.717, 1.165) is 22.9 Å². The molecule has 0 amide bonds. The fourth-order valence-corrected chi connectivity index (χ4v) is 7.68. The number of aliphatic imine (C=N–C) groups is 1. The first-order valence-electron chi connectivity index (χ1n) is 14.1. The fraction of sp³-hybridized carbons (Fsp3) is 0.0541. The van der Waals surface area contributed by atoms with Crippen molar-refractivity contribution in [3.05, 3.63) is 133 Å². The maximum Gasteiger partial charge on any atom is 0.116 e. The van der Waals surface area contributed by atoms with Crippen molar-refractivity contribution in [3.8, 4) is 0 Å². The van der Waals surface area contributed by atoms with E-state index in [1.165, 1.54) is 59.0 Å². The molecule has 1 N–H and O–H groups in total. The minimum absolute atomic E-state index is 0.0951. The van der Waals surface area contributed by atoms with Gasteiger partial charge in [-0.1, -0.05) is 103 Å². The molecular formula is C37H25N3S. The second-order valence-corrected chi connectivity index (χ2v) is 11.9. The maximum atomic E-state index is 5.53. The highest BCUT2D eigenvalue weighted by molar-refractivity contribution is 7.23. The Bertz CT molecular complexity index is 2320. The van der Waals surface area contributed by atoms with Crippen LogP contribution >= 0.6 is 11.3 Å². The molecule has 9 rings (SSSR count). The average Bonchev–Trinajstić information content (AvgIpc) is 3.47. The van der Waals surface area contributed by atoms with Gasteiger partial charge in [-0.25, -0.2) is 4.99 Å². The lowest BCUT2D eigenvalue weighted by atomic mass is 10.0. The molecule has 6 aromatic carbocycles. The van der Waals surface area contributed by atoms with Crippen LogP contribution in [0.4, 0.5) is 10.7 Å². The summed E-state index contributed by atoms with van der Waals surface area (Å²) in [4.78, 5) is 5.53. The van der Waals surface area contributed by atoms with Crippen LogP contribution in [0.15, 0.2) is 132 Å². The van der Waals surface area contributed by atoms with E-state index in [9.17, 15) is 0 Å². The van der Waals surface area contributed by atoms with E-state index in [1.807, 2.05) is 0 Å². The third-order valence-electron chi connectivity index (χ3n) is 8.48. The number of hydrogen-bond donors (Lipinski definition) is 1. The molecule has 4 heteroatoms. The van der Waals surface area contributed by atoms with Gasteiger partial charge < -0.3 is 5.32 Å². The van der Waals surface area contributed by atoms with Gasteiger partial charge in [0.05, 0.1) is 17.1 Å². The summed E-state index contributed by atoms with van der Waals surface area (Å²) in [6, 6.07) is 46.2. The third-order valence-corrected chi connectivity index (χ3v) is 9.58. The largest absolute Gasteiger partial charge is 0.368 e. The Hall–Kier alpha value is -4.93. The zero-order valence-corrected chi connectivity index (χ0v) is 23.0. The third kappa shape index (κ3) is 3.47. The highest BCUT2D eigenvalue weighted by Crippen LogP contribution is 2.47. The average molecular weight is 544 g/mol. The summed E-state index contributed by atoms with van der Waals surface area (Å²) in [6.45, 7) is 0. The molecule has 1 unspecified atom stereocenters. The number of thiophene rings is 1. The molecule has 1 aliphatic rings. The molecule has 0 spiro atoms. The number of aromatic nitrogens is 1. The molecule has 1 atom stereocenters. The van der Waals surface area contributed by atoms with E-state index in [2.05, 4.69) is 137 Å². The second kappa shape index (κ2) is 8.79. The summed E-state index contributed by atoms with van der Waals surface area (Å²) in [5, 5.41) is 13.8. The van der Waals surface area contributed by atoms with Crippen molar-refractivity contribution in [2.45, 2.75) is 12.5 Å². The monoisotopic (exact) mass is 543 g/mol. The molecule has 0 saturated carbocycles. The van der Waals surface area contributed by atoms with Gasteiger partial charge in [-0.3, -0.25) is 4.57 Å². The zero-order chi connectivity index (χ0) is 26.9. The lowest BCUT2D eigenvalue weighted by Crippen LogP contribution is -2.18. The van der Waals surface area contributed by atoms with E-state index < -0.39 is 0 Å². The molecule has 1 aliphatic heterocycles. The summed E-state index contributed by atoms with van der Waals surface area (Å²) in [7, 11) is 0. The smallest absolute Gasteiger partial charge is 0.116 e. The van der Waals surface area contributed by atoms with Crippen molar-refractivity contribution in [1.82, 2.24) is 4.57 Å². The number of hydrogen-bond acceptors (Lipinski definition) is 3. The van der Waals surface area contributed by atoms with Crippen LogP contribution in [0.2, 0.25) is 0 Å². The molecule has 194 valence electrons. The van der Waals surface area contributed by atoms with Crippen molar-refractivity contribution < 1.29 is 0 Å². The molecule has 8 aromatic rings. The summed E-state index contributed by atoms with van der Waals surface area (Å²) in [5.41, 5.74) is 4.70. The number of benzene rings is 6. The molecule has 41 heavy (non-hydrogen) atoms. The van der Waals surface area contributed by atoms with Gasteiger partial charge in [-0.15, -0.1) is 11.3 Å². The Morgan fingerprint density at radius 2 is 1.34 bits per heavy atom. The van der Waals surface area contributed by atoms with Crippen LogP contribution in [0.3, 0.4) is 0 Å². The summed E-state index contributed by atoms with van der Waals surface area (Å²) in [6.07, 6.45) is 0.762. The van der Waals surface area contributed by atoms with E-state index in [-0.39, 0.29) is 6.04 Å². The Kier molecular flexibility index (Phi) is 4.89. The predicted octanol–water partition coefficient (Wildman–Crippen LogP) is 10.5. The molecule has 0 saturated heterocycles. The van der Waals surface area contributed by atoms with E-state index in [4.69, 9.17) is 4.99 Å². The Labute approximate surface area is 241 Å². The van der Waals surface area contributed by atoms with Crippen LogP contribution in [-0.2, 0) is 0 Å². The Morgan fingerprint density at radius 1 is 0.634 bits per heavy atom. The summed E-state index contributed by atoms with van der Waals surface area (Å²) < 4.78 is 3.68. The van der Waals surface area contributed by atoms with Gasteiger partial charge in [0.25, 0.3) is 0 Å². The van der Waals surface area contributed by atoms with Crippen molar-refractivity contribution >= 4 is 81.3 Å². The molecular weight excluding hydrogens is 518 g/mol. The SMILES string of the molecule is c1ccc(C2CC(n3c4cc5ccccc5cc4c4c5ccccc5ccc43)=Nc3c(sc4ccccc34)N2)cc1. The normalized spacial score (nSPS) is 15.3. The van der Waals surface area contributed by atoms with E-state index in [0.29, 0.717) is 0 Å². The van der Waals surface area contributed by atoms with Gasteiger partial charge >= 0.3 is 0 Å². The molecule has 3 nitrogen and oxygen atoms in total. The topological polar surface area (TPSA) is 29.3 Å². The van der Waals surface area contributed by atoms with Gasteiger partial charge in [-0.2, -0.15) is 0 Å². The number of fused-ring (bicyclic) bond motifs is 9. The second-order valence-electron chi connectivity index (χ2n) is 10.8. The quantitative estimate of drug-likeness (QED) is 0.219. The minimum atomic E-state index is 0.0951. The zero-order valence-electron chi connectivity index (χ0n) is 22.2. The molecule has 2 aromatic heterocycles. The highest BCUT2D eigenvalue weighted by Gasteiger charge is 2.26. The maximum absolute atomic E-state index is 5.53. The Balaban J connectivity index is 1.41. The van der Waals surface area contributed by atoms with Crippen LogP contribution in [0.25, 0.3) is 53.4 Å². The predicted molar refractivity (Wildman–Crippen MR) is 176 cm³/mol. The first-order valence-corrected chi connectivity index (χ1v) is 14.9. The summed E-state index contributed by atoms with van der Waals surface area (Å²) >= 11 is 1.79. The van der Waals surface area contributed by atoms with Crippen LogP contribution in [-0.4, -0.2) is 10.4 Å². The molecule has 0 fully saturated rings. The number of rotatable bonds is 1. The molecule has 0 radical (unpaired) electrons. The molecule has 3 heterocycles. The van der Waals surface area contributed by atoms with Gasteiger partial charge in [-0.05, 0) is 51.4 Å². The van der Waals surface area contributed by atoms with E-state index in [1.54, 1.807) is 11.3 Å². The number of nitrogens with one attached hydrogen (secondary N) is 1. The van der Waals surface area contributed by atoms with Crippen molar-refractivity contribution in [3.63, 3.8) is 0 Å². The van der Waals surface area contributed by atoms with Crippen LogP contribution in [0, 0.1) is 0 Å². The lowest BCUT2D eigenvalue weighted by molar-refractivity contribution is 0.817. The first-order chi connectivity index (χ1) is 20.3. The van der Waals surface area contributed by atoms with Crippen LogP contribution < -0.4 is 5.32 Å². The molecule has 0 bridgehead atoms. The number of nitrogens with zero attached hydrogens (tertiary/aromatic N) is 2. The van der Waals surface area contributed by atoms with E-state index >= 15 is 0 Å². The van der Waals surface area contributed by atoms with Crippen molar-refractivity contribution in [2.24, 2.45) is 4.99 Å².